The van der Waals surface area contributed by atoms with Crippen molar-refractivity contribution in [2.45, 2.75) is 17.1 Å². The van der Waals surface area contributed by atoms with Crippen LogP contribution in [0, 0.1) is 0 Å². The molecule has 16 heavy (non-hydrogen) atoms. The number of aliphatic hydroxyl groups excluding tert-OH is 1. The molecule has 0 aromatic heterocycles. The van der Waals surface area contributed by atoms with E-state index in [-0.39, 0.29) is 0 Å². The van der Waals surface area contributed by atoms with Crippen LogP contribution in [0.1, 0.15) is 18.1 Å². The molecule has 1 aliphatic rings. The van der Waals surface area contributed by atoms with Gasteiger partial charge in [0.05, 0.1) is 0 Å². The molecular weight excluding hydrogens is 244 g/mol. The van der Waals surface area contributed by atoms with Gasteiger partial charge in [-0.15, -0.1) is 0 Å². The van der Waals surface area contributed by atoms with Crippen LogP contribution in [0.25, 0.3) is 0 Å². The Kier molecular flexibility index (Phi) is 3.89. The molecule has 2 rings (SSSR count). The SMILES string of the molecule is O=S1CCCS(=O)C1[C@H](O)c1ccccc1. The van der Waals surface area contributed by atoms with Gasteiger partial charge in [-0.1, -0.05) is 30.3 Å². The molecule has 0 spiro atoms. The molecule has 0 bridgehead atoms. The van der Waals surface area contributed by atoms with Gasteiger partial charge in [-0.2, -0.15) is 0 Å². The Morgan fingerprint density at radius 3 is 2.25 bits per heavy atom. The van der Waals surface area contributed by atoms with E-state index in [2.05, 4.69) is 0 Å². The maximum absolute atomic E-state index is 11.8. The van der Waals surface area contributed by atoms with E-state index in [1.54, 1.807) is 12.1 Å². The Labute approximate surface area is 99.8 Å². The van der Waals surface area contributed by atoms with E-state index in [9.17, 15) is 13.5 Å². The fourth-order valence-corrected chi connectivity index (χ4v) is 5.72. The second kappa shape index (κ2) is 5.21. The molecule has 0 amide bonds. The van der Waals surface area contributed by atoms with Crippen LogP contribution < -0.4 is 0 Å². The van der Waals surface area contributed by atoms with Gasteiger partial charge in [-0.3, -0.25) is 8.42 Å². The summed E-state index contributed by atoms with van der Waals surface area (Å²) in [6.07, 6.45) is -0.166. The van der Waals surface area contributed by atoms with Gasteiger partial charge in [0, 0.05) is 33.1 Å². The molecule has 1 heterocycles. The average Bonchev–Trinajstić information content (AvgIpc) is 2.30. The van der Waals surface area contributed by atoms with E-state index in [4.69, 9.17) is 0 Å². The van der Waals surface area contributed by atoms with Crippen molar-refractivity contribution in [3.8, 4) is 0 Å². The number of hydrogen-bond acceptors (Lipinski definition) is 3. The standard InChI is InChI=1S/C11H14O3S2/c12-10(9-5-2-1-3-6-9)11-15(13)7-4-8-16(11)14/h1-3,5-6,10-12H,4,7-8H2/t10-,11?,15?,16?/m1/s1. The second-order valence-electron chi connectivity index (χ2n) is 3.75. The van der Waals surface area contributed by atoms with Crippen molar-refractivity contribution in [2.24, 2.45) is 0 Å². The van der Waals surface area contributed by atoms with E-state index < -0.39 is 32.3 Å². The molecule has 3 atom stereocenters. The largest absolute Gasteiger partial charge is 0.386 e. The van der Waals surface area contributed by atoms with E-state index in [1.807, 2.05) is 18.2 Å². The lowest BCUT2D eigenvalue weighted by molar-refractivity contribution is 0.193. The van der Waals surface area contributed by atoms with Crippen LogP contribution in [0.3, 0.4) is 0 Å². The lowest BCUT2D eigenvalue weighted by Crippen LogP contribution is -2.35. The van der Waals surface area contributed by atoms with Gasteiger partial charge in [0.15, 0.2) is 0 Å². The normalized spacial score (nSPS) is 32.2. The van der Waals surface area contributed by atoms with Crippen LogP contribution in [0.2, 0.25) is 0 Å². The Morgan fingerprint density at radius 1 is 1.12 bits per heavy atom. The van der Waals surface area contributed by atoms with Crippen LogP contribution in [0.4, 0.5) is 0 Å². The Hall–Kier alpha value is -0.520. The molecule has 1 aromatic rings. The molecule has 88 valence electrons. The van der Waals surface area contributed by atoms with Gasteiger partial charge in [0.2, 0.25) is 0 Å². The number of hydrogen-bond donors (Lipinski definition) is 1. The first-order valence-corrected chi connectivity index (χ1v) is 7.94. The molecule has 0 saturated carbocycles. The number of aliphatic hydroxyl groups is 1. The van der Waals surface area contributed by atoms with Crippen molar-refractivity contribution in [1.82, 2.24) is 0 Å². The summed E-state index contributed by atoms with van der Waals surface area (Å²) in [5.41, 5.74) is 0.691. The maximum Gasteiger partial charge on any atom is 0.140 e. The molecule has 1 fully saturated rings. The minimum absolute atomic E-state index is 0.542. The lowest BCUT2D eigenvalue weighted by atomic mass is 10.1. The van der Waals surface area contributed by atoms with Crippen LogP contribution >= 0.6 is 0 Å². The first-order valence-electron chi connectivity index (χ1n) is 5.17. The molecule has 1 aromatic carbocycles. The zero-order valence-electron chi connectivity index (χ0n) is 8.74. The molecule has 1 N–H and O–H groups in total. The van der Waals surface area contributed by atoms with Gasteiger partial charge in [0.25, 0.3) is 0 Å². The lowest BCUT2D eigenvalue weighted by Gasteiger charge is -2.25. The van der Waals surface area contributed by atoms with Gasteiger partial charge in [-0.05, 0) is 12.0 Å². The first-order chi connectivity index (χ1) is 7.70. The topological polar surface area (TPSA) is 54.4 Å². The van der Waals surface area contributed by atoms with Gasteiger partial charge in [-0.25, -0.2) is 0 Å². The zero-order valence-corrected chi connectivity index (χ0v) is 10.4. The van der Waals surface area contributed by atoms with Crippen LogP contribution in [-0.2, 0) is 21.6 Å². The van der Waals surface area contributed by atoms with E-state index in [1.165, 1.54) is 0 Å². The highest BCUT2D eigenvalue weighted by atomic mass is 32.2. The summed E-state index contributed by atoms with van der Waals surface area (Å²) in [7, 11) is -2.38. The predicted molar refractivity (Wildman–Crippen MR) is 65.8 cm³/mol. The van der Waals surface area contributed by atoms with Crippen LogP contribution in [0.15, 0.2) is 30.3 Å². The molecule has 5 heteroatoms. The molecule has 0 aliphatic carbocycles. The van der Waals surface area contributed by atoms with Crippen molar-refractivity contribution >= 4 is 21.6 Å². The fourth-order valence-electron chi connectivity index (χ4n) is 1.79. The summed E-state index contributed by atoms with van der Waals surface area (Å²) in [6, 6.07) is 9.02. The van der Waals surface area contributed by atoms with Crippen LogP contribution in [0.5, 0.6) is 0 Å². The monoisotopic (exact) mass is 258 g/mol. The highest BCUT2D eigenvalue weighted by molar-refractivity contribution is 8.03. The van der Waals surface area contributed by atoms with Gasteiger partial charge < -0.3 is 5.11 Å². The van der Waals surface area contributed by atoms with Gasteiger partial charge in [0.1, 0.15) is 10.7 Å². The van der Waals surface area contributed by atoms with Crippen molar-refractivity contribution < 1.29 is 13.5 Å². The highest BCUT2D eigenvalue weighted by Gasteiger charge is 2.34. The molecule has 1 saturated heterocycles. The molecular formula is C11H14O3S2. The Morgan fingerprint density at radius 2 is 1.69 bits per heavy atom. The van der Waals surface area contributed by atoms with Crippen molar-refractivity contribution in [3.63, 3.8) is 0 Å². The summed E-state index contributed by atoms with van der Waals surface area (Å²) in [5, 5.41) is 10.1. The zero-order chi connectivity index (χ0) is 11.5. The second-order valence-corrected chi connectivity index (χ2v) is 7.40. The smallest absolute Gasteiger partial charge is 0.140 e. The van der Waals surface area contributed by atoms with Crippen molar-refractivity contribution in [1.29, 1.82) is 0 Å². The summed E-state index contributed by atoms with van der Waals surface area (Å²) >= 11 is 0. The molecule has 2 unspecified atom stereocenters. The molecule has 0 radical (unpaired) electrons. The fraction of sp³-hybridized carbons (Fsp3) is 0.455. The third-order valence-corrected chi connectivity index (χ3v) is 6.83. The summed E-state index contributed by atoms with van der Waals surface area (Å²) in [5.74, 6) is 1.08. The minimum Gasteiger partial charge on any atom is -0.386 e. The predicted octanol–water partition coefficient (Wildman–Crippen LogP) is 0.947. The minimum atomic E-state index is -1.19. The number of benzene rings is 1. The van der Waals surface area contributed by atoms with E-state index in [0.717, 1.165) is 6.42 Å². The average molecular weight is 258 g/mol. The van der Waals surface area contributed by atoms with Crippen LogP contribution in [-0.4, -0.2) is 29.6 Å². The van der Waals surface area contributed by atoms with Gasteiger partial charge >= 0.3 is 0 Å². The Bertz CT molecular complexity index is 389. The maximum atomic E-state index is 11.8. The Balaban J connectivity index is 2.23. The quantitative estimate of drug-likeness (QED) is 0.859. The van der Waals surface area contributed by atoms with Crippen molar-refractivity contribution in [3.05, 3.63) is 35.9 Å². The molecule has 1 aliphatic heterocycles. The highest BCUT2D eigenvalue weighted by Crippen LogP contribution is 2.26. The third-order valence-electron chi connectivity index (χ3n) is 2.61. The number of rotatable bonds is 2. The third kappa shape index (κ3) is 2.42. The first kappa shape index (κ1) is 12.0. The summed E-state index contributed by atoms with van der Waals surface area (Å²) in [4.78, 5) is 0. The summed E-state index contributed by atoms with van der Waals surface area (Å²) in [6.45, 7) is 0. The molecule has 3 nitrogen and oxygen atoms in total. The van der Waals surface area contributed by atoms with Crippen molar-refractivity contribution in [2.75, 3.05) is 11.5 Å². The van der Waals surface area contributed by atoms with E-state index >= 15 is 0 Å². The van der Waals surface area contributed by atoms with E-state index in [0.29, 0.717) is 17.1 Å². The summed E-state index contributed by atoms with van der Waals surface area (Å²) < 4.78 is 22.9.